The molecule has 0 saturated heterocycles. The van der Waals surface area contributed by atoms with Crippen molar-refractivity contribution >= 4 is 17.4 Å². The number of rotatable bonds is 18. The normalized spacial score (nSPS) is 11.1. The first-order valence-electron chi connectivity index (χ1n) is 14.5. The van der Waals surface area contributed by atoms with E-state index in [1.807, 2.05) is 25.1 Å². The Kier molecular flexibility index (Phi) is 13.3. The predicted molar refractivity (Wildman–Crippen MR) is 163 cm³/mol. The highest BCUT2D eigenvalue weighted by Gasteiger charge is 2.02. The van der Waals surface area contributed by atoms with Gasteiger partial charge in [-0.3, -0.25) is 4.79 Å². The summed E-state index contributed by atoms with van der Waals surface area (Å²) in [6, 6.07) is 22.2. The number of carbonyl (C=O) groups is 1. The summed E-state index contributed by atoms with van der Waals surface area (Å²) in [4.78, 5) is 12.2. The molecule has 0 N–H and O–H groups in total. The minimum Gasteiger partial charge on any atom is -0.494 e. The molecule has 0 fully saturated rings. The molecule has 3 heteroatoms. The highest BCUT2D eigenvalue weighted by Crippen LogP contribution is 2.18. The highest BCUT2D eigenvalue weighted by atomic mass is 19.1. The molecule has 0 unspecified atom stereocenters. The van der Waals surface area contributed by atoms with Crippen LogP contribution in [0.3, 0.4) is 0 Å². The Hall–Kier alpha value is -3.46. The molecule has 0 aliphatic heterocycles. The van der Waals surface area contributed by atoms with Gasteiger partial charge in [0.25, 0.3) is 0 Å². The van der Waals surface area contributed by atoms with Gasteiger partial charge in [0.2, 0.25) is 0 Å². The Labute approximate surface area is 234 Å². The first-order chi connectivity index (χ1) is 19.0. The smallest absolute Gasteiger partial charge is 0.185 e. The van der Waals surface area contributed by atoms with Crippen LogP contribution in [0.4, 0.5) is 4.39 Å². The monoisotopic (exact) mass is 526 g/mol. The molecule has 0 atom stereocenters. The van der Waals surface area contributed by atoms with E-state index in [4.69, 9.17) is 4.74 Å². The lowest BCUT2D eigenvalue weighted by Gasteiger charge is -2.07. The van der Waals surface area contributed by atoms with Crippen LogP contribution in [0.15, 0.2) is 85.5 Å². The zero-order valence-corrected chi connectivity index (χ0v) is 23.5. The summed E-state index contributed by atoms with van der Waals surface area (Å²) in [6.45, 7) is 6.78. The van der Waals surface area contributed by atoms with Crippen molar-refractivity contribution in [3.05, 3.63) is 114 Å². The predicted octanol–water partition coefficient (Wildman–Crippen LogP) is 10.3. The van der Waals surface area contributed by atoms with Crippen molar-refractivity contribution in [3.63, 3.8) is 0 Å². The second-order valence-corrected chi connectivity index (χ2v) is 10.4. The second kappa shape index (κ2) is 17.2. The summed E-state index contributed by atoms with van der Waals surface area (Å²) in [5.41, 5.74) is 5.07. The molecule has 3 aromatic carbocycles. The Bertz CT molecular complexity index is 1160. The van der Waals surface area contributed by atoms with Crippen LogP contribution in [0.1, 0.15) is 98.2 Å². The zero-order valence-electron chi connectivity index (χ0n) is 23.5. The molecule has 0 heterocycles. The largest absolute Gasteiger partial charge is 0.494 e. The van der Waals surface area contributed by atoms with Crippen LogP contribution in [-0.2, 0) is 6.42 Å². The molecule has 0 radical (unpaired) electrons. The molecular formula is C36H43FO2. The van der Waals surface area contributed by atoms with Crippen molar-refractivity contribution in [2.45, 2.75) is 77.6 Å². The first kappa shape index (κ1) is 30.1. The molecule has 39 heavy (non-hydrogen) atoms. The summed E-state index contributed by atoms with van der Waals surface area (Å²) >= 11 is 0. The third-order valence-electron chi connectivity index (χ3n) is 7.01. The quantitative estimate of drug-likeness (QED) is 0.0936. The van der Waals surface area contributed by atoms with Crippen LogP contribution in [0.5, 0.6) is 5.75 Å². The number of allylic oxidation sites excluding steroid dienone is 2. The number of hydrogen-bond donors (Lipinski definition) is 0. The number of ketones is 1. The summed E-state index contributed by atoms with van der Waals surface area (Å²) < 4.78 is 18.8. The van der Waals surface area contributed by atoms with Gasteiger partial charge in [-0.1, -0.05) is 106 Å². The van der Waals surface area contributed by atoms with Gasteiger partial charge in [-0.15, -0.1) is 0 Å². The van der Waals surface area contributed by atoms with Gasteiger partial charge in [0.15, 0.2) is 5.78 Å². The average molecular weight is 527 g/mol. The van der Waals surface area contributed by atoms with E-state index in [2.05, 4.69) is 43.0 Å². The molecule has 2 nitrogen and oxygen atoms in total. The van der Waals surface area contributed by atoms with Gasteiger partial charge in [0, 0.05) is 5.56 Å². The second-order valence-electron chi connectivity index (χ2n) is 10.4. The molecule has 206 valence electrons. The van der Waals surface area contributed by atoms with Crippen LogP contribution in [0.25, 0.3) is 11.6 Å². The lowest BCUT2D eigenvalue weighted by atomic mass is 10.0. The molecule has 0 spiro atoms. The fraction of sp³-hybridized carbons (Fsp3) is 0.361. The van der Waals surface area contributed by atoms with Crippen molar-refractivity contribution in [3.8, 4) is 5.75 Å². The number of unbranched alkanes of at least 4 members (excludes halogenated alkanes) is 9. The number of ether oxygens (including phenoxy) is 1. The van der Waals surface area contributed by atoms with Crippen molar-refractivity contribution in [2.24, 2.45) is 0 Å². The van der Waals surface area contributed by atoms with Crippen molar-refractivity contribution in [1.82, 2.24) is 0 Å². The molecule has 0 bridgehead atoms. The van der Waals surface area contributed by atoms with E-state index in [9.17, 15) is 9.18 Å². The molecule has 0 aliphatic carbocycles. The summed E-state index contributed by atoms with van der Waals surface area (Å²) in [7, 11) is 0. The summed E-state index contributed by atoms with van der Waals surface area (Å²) in [5.74, 6) is 0.490. The van der Waals surface area contributed by atoms with E-state index in [0.29, 0.717) is 5.56 Å². The van der Waals surface area contributed by atoms with E-state index in [0.717, 1.165) is 36.3 Å². The molecule has 3 aromatic rings. The maximum absolute atomic E-state index is 13.0. The van der Waals surface area contributed by atoms with Crippen molar-refractivity contribution in [1.29, 1.82) is 0 Å². The van der Waals surface area contributed by atoms with Gasteiger partial charge in [-0.05, 0) is 85.4 Å². The fourth-order valence-electron chi connectivity index (χ4n) is 4.55. The topological polar surface area (TPSA) is 26.3 Å². The summed E-state index contributed by atoms with van der Waals surface area (Å²) in [6.07, 6.45) is 17.2. The van der Waals surface area contributed by atoms with Gasteiger partial charge >= 0.3 is 0 Å². The average Bonchev–Trinajstić information content (AvgIpc) is 2.95. The number of aryl methyl sites for hydroxylation is 1. The lowest BCUT2D eigenvalue weighted by Crippen LogP contribution is -1.97. The van der Waals surface area contributed by atoms with E-state index in [1.54, 1.807) is 6.08 Å². The Morgan fingerprint density at radius 3 is 1.85 bits per heavy atom. The summed E-state index contributed by atoms with van der Waals surface area (Å²) in [5, 5.41) is 0. The van der Waals surface area contributed by atoms with Gasteiger partial charge in [0.05, 0.1) is 6.61 Å². The van der Waals surface area contributed by atoms with Crippen LogP contribution >= 0.6 is 0 Å². The highest BCUT2D eigenvalue weighted by molar-refractivity contribution is 6.06. The van der Waals surface area contributed by atoms with Crippen LogP contribution in [-0.4, -0.2) is 12.4 Å². The van der Waals surface area contributed by atoms with E-state index < -0.39 is 0 Å². The standard InChI is InChI=1S/C36H43FO2/c1-29(2)32-21-25-35(26-22-32)39-28-12-10-8-6-4-3-5-7-9-11-13-30-14-16-31(17-15-30)18-27-36(38)33-19-23-34(37)24-20-33/h14-27H,1,3-13,28H2,2H3. The molecule has 0 aromatic heterocycles. The number of carbonyl (C=O) groups excluding carboxylic acids is 1. The zero-order chi connectivity index (χ0) is 27.7. The Balaban J connectivity index is 1.15. The first-order valence-corrected chi connectivity index (χ1v) is 14.5. The van der Waals surface area contributed by atoms with Crippen LogP contribution in [0.2, 0.25) is 0 Å². The Morgan fingerprint density at radius 1 is 0.718 bits per heavy atom. The number of benzene rings is 3. The van der Waals surface area contributed by atoms with Gasteiger partial charge < -0.3 is 4.74 Å². The molecule has 0 aliphatic rings. The maximum Gasteiger partial charge on any atom is 0.185 e. The minimum absolute atomic E-state index is 0.120. The van der Waals surface area contributed by atoms with Crippen LogP contribution in [0, 0.1) is 5.82 Å². The van der Waals surface area contributed by atoms with Gasteiger partial charge in [-0.2, -0.15) is 0 Å². The fourth-order valence-corrected chi connectivity index (χ4v) is 4.55. The van der Waals surface area contributed by atoms with Crippen LogP contribution < -0.4 is 4.74 Å². The molecule has 0 amide bonds. The third kappa shape index (κ3) is 11.9. The molecular weight excluding hydrogens is 483 g/mol. The van der Waals surface area contributed by atoms with Crippen molar-refractivity contribution < 1.29 is 13.9 Å². The van der Waals surface area contributed by atoms with Gasteiger partial charge in [-0.25, -0.2) is 4.39 Å². The maximum atomic E-state index is 13.0. The molecule has 0 saturated carbocycles. The Morgan fingerprint density at radius 2 is 1.26 bits per heavy atom. The number of hydrogen-bond acceptors (Lipinski definition) is 2. The molecule has 3 rings (SSSR count). The van der Waals surface area contributed by atoms with E-state index >= 15 is 0 Å². The third-order valence-corrected chi connectivity index (χ3v) is 7.01. The van der Waals surface area contributed by atoms with Crippen molar-refractivity contribution in [2.75, 3.05) is 6.61 Å². The minimum atomic E-state index is -0.336. The number of halogens is 1. The lowest BCUT2D eigenvalue weighted by molar-refractivity contribution is 0.104. The van der Waals surface area contributed by atoms with Gasteiger partial charge in [0.1, 0.15) is 11.6 Å². The SMILES string of the molecule is C=C(C)c1ccc(OCCCCCCCCCCCCc2ccc(C=CC(=O)c3ccc(F)cc3)cc2)cc1. The van der Waals surface area contributed by atoms with E-state index in [-0.39, 0.29) is 11.6 Å². The van der Waals surface area contributed by atoms with E-state index in [1.165, 1.54) is 93.2 Å².